The van der Waals surface area contributed by atoms with E-state index in [0.29, 0.717) is 48.2 Å². The summed E-state index contributed by atoms with van der Waals surface area (Å²) >= 11 is 0. The van der Waals surface area contributed by atoms with Crippen LogP contribution >= 0.6 is 0 Å². The van der Waals surface area contributed by atoms with Crippen LogP contribution in [0.4, 0.5) is 0 Å². The number of fused-ring (bicyclic) bond motifs is 2. The molecule has 1 saturated heterocycles. The van der Waals surface area contributed by atoms with Crippen molar-refractivity contribution in [2.75, 3.05) is 41.0 Å². The molecule has 11 heteroatoms. The van der Waals surface area contributed by atoms with Gasteiger partial charge >= 0.3 is 0 Å². The van der Waals surface area contributed by atoms with E-state index in [1.807, 2.05) is 0 Å². The average Bonchev–Trinajstić information content (AvgIpc) is 3.51. The molecule has 6 saturated carbocycles. The molecule has 0 aromatic heterocycles. The van der Waals surface area contributed by atoms with Gasteiger partial charge < -0.3 is 25.2 Å². The summed E-state index contributed by atoms with van der Waals surface area (Å²) in [5.41, 5.74) is 3.17. The molecule has 0 aromatic carbocycles. The molecule has 7 aliphatic rings. The van der Waals surface area contributed by atoms with Crippen molar-refractivity contribution in [1.82, 2.24) is 20.8 Å². The normalized spacial score (nSPS) is 41.7. The van der Waals surface area contributed by atoms with Gasteiger partial charge in [0.15, 0.2) is 0 Å². The van der Waals surface area contributed by atoms with Crippen LogP contribution in [0.3, 0.4) is 0 Å². The molecule has 14 atom stereocenters. The average molecular weight is 733 g/mol. The van der Waals surface area contributed by atoms with Gasteiger partial charge in [0, 0.05) is 43.5 Å². The molecule has 52 heavy (non-hydrogen) atoms. The van der Waals surface area contributed by atoms with Gasteiger partial charge in [0.25, 0.3) is 0 Å². The number of ether oxygens (including phenoxy) is 1. The zero-order valence-corrected chi connectivity index (χ0v) is 33.3. The minimum absolute atomic E-state index is 0.000340. The number of hydrogen-bond donors (Lipinski definition) is 4. The van der Waals surface area contributed by atoms with E-state index >= 15 is 0 Å². The van der Waals surface area contributed by atoms with Crippen molar-refractivity contribution >= 4 is 11.8 Å². The number of methoxy groups -OCH3 is 1. The van der Waals surface area contributed by atoms with Gasteiger partial charge in [0.05, 0.1) is 25.4 Å². The maximum atomic E-state index is 14.3. The van der Waals surface area contributed by atoms with Crippen LogP contribution in [-0.2, 0) is 24.0 Å². The number of hydrogen-bond acceptors (Lipinski definition) is 9. The molecule has 1 aliphatic heterocycles. The number of aliphatic hydroxyl groups excluding tert-OH is 2. The molecule has 298 valence electrons. The third-order valence-electron chi connectivity index (χ3n) is 15.4. The van der Waals surface area contributed by atoms with E-state index < -0.39 is 24.2 Å². The lowest BCUT2D eigenvalue weighted by molar-refractivity contribution is -0.193. The fraction of sp³-hybridized carbons (Fsp3) is 0.951. The number of aliphatic hydroxyl groups is 2. The van der Waals surface area contributed by atoms with E-state index in [0.717, 1.165) is 44.9 Å². The summed E-state index contributed by atoms with van der Waals surface area (Å²) in [5.74, 6) is 2.01. The number of carbonyl (C=O) groups is 2. The van der Waals surface area contributed by atoms with Crippen molar-refractivity contribution in [1.29, 1.82) is 0 Å². The summed E-state index contributed by atoms with van der Waals surface area (Å²) in [6.45, 7) is 9.51. The lowest BCUT2D eigenvalue weighted by atomic mass is 9.45. The Kier molecular flexibility index (Phi) is 13.3. The van der Waals surface area contributed by atoms with E-state index in [2.05, 4.69) is 50.6 Å². The molecule has 6 aliphatic carbocycles. The minimum Gasteiger partial charge on any atom is -0.394 e. The summed E-state index contributed by atoms with van der Waals surface area (Å²) in [4.78, 5) is 42.3. The lowest BCUT2D eigenvalue weighted by Gasteiger charge is -2.62. The first-order chi connectivity index (χ1) is 24.8. The smallest absolute Gasteiger partial charge is 0.246 e. The summed E-state index contributed by atoms with van der Waals surface area (Å²) in [5, 5.41) is 26.6. The quantitative estimate of drug-likeness (QED) is 0.202. The fourth-order valence-corrected chi connectivity index (χ4v) is 12.1. The second-order valence-electron chi connectivity index (χ2n) is 18.9. The minimum atomic E-state index is -0.828. The molecular weight excluding hydrogens is 660 g/mol. The lowest BCUT2D eigenvalue weighted by Crippen LogP contribution is -2.62. The molecule has 2 amide bonds. The topological polar surface area (TPSA) is 133 Å². The van der Waals surface area contributed by atoms with Crippen molar-refractivity contribution in [3.05, 3.63) is 0 Å². The Hall–Kier alpha value is -1.34. The van der Waals surface area contributed by atoms with Gasteiger partial charge in [-0.15, -0.1) is 0 Å². The zero-order valence-electron chi connectivity index (χ0n) is 33.3. The number of nitrogens with zero attached hydrogens (tertiary/aromatic N) is 2. The number of nitrogens with one attached hydrogen (secondary N) is 2. The number of hydroxylamine groups is 3. The molecule has 6 unspecified atom stereocenters. The third kappa shape index (κ3) is 8.41. The molecular formula is C41H72N4O7. The van der Waals surface area contributed by atoms with Gasteiger partial charge in [-0.3, -0.25) is 19.3 Å². The Morgan fingerprint density at radius 3 is 2.38 bits per heavy atom. The largest absolute Gasteiger partial charge is 0.394 e. The molecule has 0 radical (unpaired) electrons. The van der Waals surface area contributed by atoms with Crippen molar-refractivity contribution in [3.8, 4) is 0 Å². The van der Waals surface area contributed by atoms with Crippen LogP contribution in [0.1, 0.15) is 111 Å². The highest BCUT2D eigenvalue weighted by Gasteiger charge is 2.58. The Balaban J connectivity index is 1.13. The van der Waals surface area contributed by atoms with Crippen LogP contribution in [0, 0.1) is 58.7 Å². The standard InChI is InChI=1S/C41H72N4O7/c1-24-33-19-30(41(33,3)4)20-34(24)42-40(49)37-36(25(2)47)35(22-46)52-45(37)21-27-14-11-15-32(38(27)50-7)28-16-29(18-31(17-28)44(5)6)39(48)43-51-23-26-12-9-8-10-13-26/h24-38,46-47H,8-23H2,1-7H3,(H,42,49)(H,43,48)/t24-,25-,27?,28?,29?,30+,31?,32?,33-,34-,35-,36-,37-,38?/m0/s1. The van der Waals surface area contributed by atoms with Crippen molar-refractivity contribution in [3.63, 3.8) is 0 Å². The predicted octanol–water partition coefficient (Wildman–Crippen LogP) is 4.55. The first kappa shape index (κ1) is 40.3. The SMILES string of the molecule is COC1C(CN2O[C@@H](CO)[C@H]([C@H](C)O)[C@H]2C(=O)N[C@H]2C[C@H]3C[C@@H]([C@@H]2C)C3(C)C)CCCC1C1CC(C(=O)NOCC2CCCCC2)CC(N(C)C)C1. The summed E-state index contributed by atoms with van der Waals surface area (Å²) in [6.07, 6.45) is 12.5. The van der Waals surface area contributed by atoms with Crippen molar-refractivity contribution in [2.45, 2.75) is 148 Å². The van der Waals surface area contributed by atoms with Gasteiger partial charge in [-0.2, -0.15) is 5.06 Å². The van der Waals surface area contributed by atoms with E-state index in [4.69, 9.17) is 14.4 Å². The Labute approximate surface area is 313 Å². The monoisotopic (exact) mass is 733 g/mol. The first-order valence-corrected chi connectivity index (χ1v) is 21.0. The van der Waals surface area contributed by atoms with Crippen molar-refractivity contribution in [2.24, 2.45) is 58.7 Å². The highest BCUT2D eigenvalue weighted by molar-refractivity contribution is 5.83. The highest BCUT2D eigenvalue weighted by atomic mass is 16.7. The van der Waals surface area contributed by atoms with E-state index in [-0.39, 0.29) is 54.4 Å². The second-order valence-corrected chi connectivity index (χ2v) is 18.9. The van der Waals surface area contributed by atoms with Crippen LogP contribution in [0.2, 0.25) is 0 Å². The first-order valence-electron chi connectivity index (χ1n) is 21.0. The molecule has 0 spiro atoms. The summed E-state index contributed by atoms with van der Waals surface area (Å²) in [6, 6.07) is -0.321. The Morgan fingerprint density at radius 1 is 1.00 bits per heavy atom. The maximum Gasteiger partial charge on any atom is 0.246 e. The molecule has 7 rings (SSSR count). The van der Waals surface area contributed by atoms with Crippen LogP contribution in [0.15, 0.2) is 0 Å². The summed E-state index contributed by atoms with van der Waals surface area (Å²) < 4.78 is 6.38. The molecule has 11 nitrogen and oxygen atoms in total. The molecule has 0 aromatic rings. The van der Waals surface area contributed by atoms with E-state index in [1.165, 1.54) is 38.5 Å². The Morgan fingerprint density at radius 2 is 1.75 bits per heavy atom. The number of carbonyl (C=O) groups excluding carboxylic acids is 2. The Bertz CT molecular complexity index is 1200. The van der Waals surface area contributed by atoms with Gasteiger partial charge in [-0.1, -0.05) is 46.5 Å². The fourth-order valence-electron chi connectivity index (χ4n) is 12.1. The molecule has 1 heterocycles. The van der Waals surface area contributed by atoms with Gasteiger partial charge in [0.2, 0.25) is 11.8 Å². The third-order valence-corrected chi connectivity index (χ3v) is 15.4. The van der Waals surface area contributed by atoms with Gasteiger partial charge in [0.1, 0.15) is 12.1 Å². The maximum absolute atomic E-state index is 14.3. The van der Waals surface area contributed by atoms with E-state index in [1.54, 1.807) is 19.1 Å². The van der Waals surface area contributed by atoms with Crippen LogP contribution in [-0.4, -0.2) is 109 Å². The van der Waals surface area contributed by atoms with Crippen LogP contribution < -0.4 is 10.8 Å². The molecule has 2 bridgehead atoms. The van der Waals surface area contributed by atoms with Gasteiger partial charge in [-0.05, 0) is 120 Å². The number of amides is 2. The van der Waals surface area contributed by atoms with Gasteiger partial charge in [-0.25, -0.2) is 5.48 Å². The molecule has 4 N–H and O–H groups in total. The van der Waals surface area contributed by atoms with Crippen molar-refractivity contribution < 1.29 is 34.2 Å². The zero-order chi connectivity index (χ0) is 37.3. The second kappa shape index (κ2) is 17.2. The molecule has 7 fully saturated rings. The van der Waals surface area contributed by atoms with Crippen LogP contribution in [0.25, 0.3) is 0 Å². The summed E-state index contributed by atoms with van der Waals surface area (Å²) in [7, 11) is 6.03. The number of rotatable bonds is 13. The highest BCUT2D eigenvalue weighted by Crippen LogP contribution is 2.61. The van der Waals surface area contributed by atoms with E-state index in [9.17, 15) is 19.8 Å². The van der Waals surface area contributed by atoms with Crippen LogP contribution in [0.5, 0.6) is 0 Å². The predicted molar refractivity (Wildman–Crippen MR) is 199 cm³/mol.